The Morgan fingerprint density at radius 1 is 1.12 bits per heavy atom. The van der Waals surface area contributed by atoms with Gasteiger partial charge in [0.25, 0.3) is 5.91 Å². The highest BCUT2D eigenvalue weighted by molar-refractivity contribution is 5.98. The third-order valence-electron chi connectivity index (χ3n) is 4.08. The van der Waals surface area contributed by atoms with Crippen molar-refractivity contribution in [1.29, 1.82) is 0 Å². The van der Waals surface area contributed by atoms with Crippen LogP contribution >= 0.6 is 24.8 Å². The van der Waals surface area contributed by atoms with Gasteiger partial charge in [0.1, 0.15) is 5.75 Å². The second-order valence-electron chi connectivity index (χ2n) is 5.41. The molecule has 1 aromatic carbocycles. The molecule has 1 aliphatic heterocycles. The lowest BCUT2D eigenvalue weighted by Crippen LogP contribution is -2.49. The number of pyridine rings is 1. The van der Waals surface area contributed by atoms with Gasteiger partial charge in [-0.25, -0.2) is 0 Å². The third kappa shape index (κ3) is 4.46. The van der Waals surface area contributed by atoms with Crippen molar-refractivity contribution in [3.8, 4) is 5.75 Å². The number of carbonyl (C=O) groups is 1. The van der Waals surface area contributed by atoms with Gasteiger partial charge in [0.15, 0.2) is 0 Å². The zero-order valence-corrected chi connectivity index (χ0v) is 15.6. The van der Waals surface area contributed by atoms with Gasteiger partial charge in [0.05, 0.1) is 18.4 Å². The summed E-state index contributed by atoms with van der Waals surface area (Å²) in [4.78, 5) is 20.6. The highest BCUT2D eigenvalue weighted by atomic mass is 35.5. The molecule has 0 aliphatic carbocycles. The van der Waals surface area contributed by atoms with Crippen molar-refractivity contribution in [1.82, 2.24) is 9.88 Å². The molecule has 1 amide bonds. The Balaban J connectivity index is 0.00000156. The molecule has 1 saturated heterocycles. The maximum Gasteiger partial charge on any atom is 0.257 e. The van der Waals surface area contributed by atoms with E-state index in [4.69, 9.17) is 10.5 Å². The average molecular weight is 385 g/mol. The number of ether oxygens (including phenoxy) is 1. The molecule has 1 aliphatic rings. The number of aromatic nitrogens is 1. The number of para-hydroxylation sites is 2. The Morgan fingerprint density at radius 2 is 1.80 bits per heavy atom. The first-order valence-electron chi connectivity index (χ1n) is 7.57. The number of methoxy groups -OCH3 is 1. The fourth-order valence-corrected chi connectivity index (χ4v) is 2.80. The fraction of sp³-hybridized carbons (Fsp3) is 0.294. The van der Waals surface area contributed by atoms with E-state index in [9.17, 15) is 4.79 Å². The number of carbonyl (C=O) groups excluding carboxylic acids is 1. The molecule has 2 aromatic rings. The van der Waals surface area contributed by atoms with Gasteiger partial charge >= 0.3 is 0 Å². The Labute approximate surface area is 159 Å². The van der Waals surface area contributed by atoms with Crippen molar-refractivity contribution < 1.29 is 9.53 Å². The van der Waals surface area contributed by atoms with Gasteiger partial charge in [-0.05, 0) is 18.2 Å². The number of nitrogens with zero attached hydrogens (tertiary/aromatic N) is 3. The van der Waals surface area contributed by atoms with Gasteiger partial charge in [0.2, 0.25) is 0 Å². The van der Waals surface area contributed by atoms with Crippen LogP contribution in [-0.2, 0) is 0 Å². The number of nitrogens with two attached hydrogens (primary N) is 1. The third-order valence-corrected chi connectivity index (χ3v) is 4.08. The molecule has 1 fully saturated rings. The van der Waals surface area contributed by atoms with E-state index in [0.717, 1.165) is 24.5 Å². The van der Waals surface area contributed by atoms with Crippen LogP contribution in [0.15, 0.2) is 42.7 Å². The van der Waals surface area contributed by atoms with Crippen LogP contribution < -0.4 is 15.4 Å². The van der Waals surface area contributed by atoms with Crippen LogP contribution in [0.25, 0.3) is 0 Å². The summed E-state index contributed by atoms with van der Waals surface area (Å²) in [6.07, 6.45) is 3.12. The van der Waals surface area contributed by atoms with E-state index in [2.05, 4.69) is 9.88 Å². The lowest BCUT2D eigenvalue weighted by atomic mass is 10.2. The highest BCUT2D eigenvalue weighted by Gasteiger charge is 2.24. The zero-order chi connectivity index (χ0) is 16.2. The van der Waals surface area contributed by atoms with Gasteiger partial charge in [-0.3, -0.25) is 9.78 Å². The van der Waals surface area contributed by atoms with Crippen LogP contribution in [0.4, 0.5) is 11.4 Å². The summed E-state index contributed by atoms with van der Waals surface area (Å²) in [6, 6.07) is 9.58. The molecule has 6 nitrogen and oxygen atoms in total. The quantitative estimate of drug-likeness (QED) is 0.879. The van der Waals surface area contributed by atoms with E-state index < -0.39 is 0 Å². The number of rotatable bonds is 3. The Morgan fingerprint density at radius 3 is 2.44 bits per heavy atom. The Hall–Kier alpha value is -2.18. The smallest absolute Gasteiger partial charge is 0.257 e. The zero-order valence-electron chi connectivity index (χ0n) is 13.9. The molecule has 1 aromatic heterocycles. The first kappa shape index (κ1) is 20.9. The van der Waals surface area contributed by atoms with Gasteiger partial charge in [-0.1, -0.05) is 12.1 Å². The van der Waals surface area contributed by atoms with Gasteiger partial charge in [-0.2, -0.15) is 0 Å². The summed E-state index contributed by atoms with van der Waals surface area (Å²) in [5.74, 6) is 0.791. The first-order chi connectivity index (χ1) is 11.2. The molecule has 136 valence electrons. The van der Waals surface area contributed by atoms with Crippen LogP contribution in [-0.4, -0.2) is 49.1 Å². The minimum absolute atomic E-state index is 0. The van der Waals surface area contributed by atoms with Crippen LogP contribution in [0.5, 0.6) is 5.75 Å². The number of halogens is 2. The molecule has 2 N–H and O–H groups in total. The van der Waals surface area contributed by atoms with Gasteiger partial charge in [0, 0.05) is 44.3 Å². The standard InChI is InChI=1S/C17H20N4O2.2ClH/c1-23-16-5-3-2-4-15(16)20-8-10-21(11-9-20)17(22)13-12-19-7-6-14(13)18;;/h2-7,12H,8-11H2,1H3,(H2,18,19);2*1H. The number of hydrogen-bond donors (Lipinski definition) is 1. The van der Waals surface area contributed by atoms with E-state index in [1.165, 1.54) is 6.20 Å². The maximum atomic E-state index is 12.5. The van der Waals surface area contributed by atoms with Crippen LogP contribution in [0, 0.1) is 0 Å². The van der Waals surface area contributed by atoms with Crippen LogP contribution in [0.1, 0.15) is 10.4 Å². The molecule has 3 rings (SSSR count). The molecule has 0 radical (unpaired) electrons. The molecule has 25 heavy (non-hydrogen) atoms. The van der Waals surface area contributed by atoms with Crippen molar-refractivity contribution >= 4 is 42.1 Å². The van der Waals surface area contributed by atoms with Crippen LogP contribution in [0.2, 0.25) is 0 Å². The molecule has 0 unspecified atom stereocenters. The predicted molar refractivity (Wildman–Crippen MR) is 104 cm³/mol. The minimum atomic E-state index is -0.0599. The van der Waals surface area contributed by atoms with Crippen molar-refractivity contribution in [2.45, 2.75) is 0 Å². The van der Waals surface area contributed by atoms with Crippen molar-refractivity contribution in [3.63, 3.8) is 0 Å². The normalized spacial score (nSPS) is 13.5. The second kappa shape index (κ2) is 9.34. The van der Waals surface area contributed by atoms with E-state index in [-0.39, 0.29) is 30.7 Å². The lowest BCUT2D eigenvalue weighted by Gasteiger charge is -2.36. The van der Waals surface area contributed by atoms with Crippen LogP contribution in [0.3, 0.4) is 0 Å². The summed E-state index contributed by atoms with van der Waals surface area (Å²) < 4.78 is 5.41. The summed E-state index contributed by atoms with van der Waals surface area (Å²) in [5.41, 5.74) is 7.87. The summed E-state index contributed by atoms with van der Waals surface area (Å²) in [5, 5.41) is 0. The van der Waals surface area contributed by atoms with Crippen molar-refractivity contribution in [2.24, 2.45) is 0 Å². The number of anilines is 2. The summed E-state index contributed by atoms with van der Waals surface area (Å²) in [7, 11) is 1.67. The lowest BCUT2D eigenvalue weighted by molar-refractivity contribution is 0.0747. The molecule has 0 atom stereocenters. The van der Waals surface area contributed by atoms with Gasteiger partial charge < -0.3 is 20.3 Å². The van der Waals surface area contributed by atoms with E-state index in [0.29, 0.717) is 24.3 Å². The van der Waals surface area contributed by atoms with Crippen molar-refractivity contribution in [3.05, 3.63) is 48.3 Å². The number of hydrogen-bond acceptors (Lipinski definition) is 5. The molecule has 0 bridgehead atoms. The SMILES string of the molecule is COc1ccccc1N1CCN(C(=O)c2cnccc2N)CC1.Cl.Cl. The maximum absolute atomic E-state index is 12.5. The highest BCUT2D eigenvalue weighted by Crippen LogP contribution is 2.28. The molecule has 2 heterocycles. The summed E-state index contributed by atoms with van der Waals surface area (Å²) >= 11 is 0. The van der Waals surface area contributed by atoms with E-state index in [1.807, 2.05) is 29.2 Å². The average Bonchev–Trinajstić information content (AvgIpc) is 2.61. The minimum Gasteiger partial charge on any atom is -0.495 e. The molecular formula is C17H22Cl2N4O2. The molecular weight excluding hydrogens is 363 g/mol. The second-order valence-corrected chi connectivity index (χ2v) is 5.41. The molecule has 8 heteroatoms. The summed E-state index contributed by atoms with van der Waals surface area (Å²) in [6.45, 7) is 2.80. The number of benzene rings is 1. The largest absolute Gasteiger partial charge is 0.495 e. The number of amides is 1. The Bertz CT molecular complexity index is 707. The number of piperazine rings is 1. The predicted octanol–water partition coefficient (Wildman–Crippen LogP) is 2.48. The van der Waals surface area contributed by atoms with E-state index in [1.54, 1.807) is 19.4 Å². The van der Waals surface area contributed by atoms with Gasteiger partial charge in [-0.15, -0.1) is 24.8 Å². The fourth-order valence-electron chi connectivity index (χ4n) is 2.80. The van der Waals surface area contributed by atoms with E-state index >= 15 is 0 Å². The Kier molecular flexibility index (Phi) is 7.80. The van der Waals surface area contributed by atoms with Crippen molar-refractivity contribution in [2.75, 3.05) is 43.9 Å². The monoisotopic (exact) mass is 384 g/mol. The number of nitrogen functional groups attached to an aromatic ring is 1. The molecule has 0 spiro atoms. The first-order valence-corrected chi connectivity index (χ1v) is 7.57. The molecule has 0 saturated carbocycles. The topological polar surface area (TPSA) is 71.7 Å².